The van der Waals surface area contributed by atoms with Gasteiger partial charge >= 0.3 is 0 Å². The molecular formula is C11H17OP. The summed E-state index contributed by atoms with van der Waals surface area (Å²) in [6.07, 6.45) is 4.33. The second-order valence-corrected chi connectivity index (χ2v) is 6.56. The fourth-order valence-corrected chi connectivity index (χ4v) is 3.13. The van der Waals surface area contributed by atoms with Gasteiger partial charge in [0.1, 0.15) is 0 Å². The standard InChI is InChI=1S/C11H17OP/c1-6-10(3)8-13(5,12)9-11(4)7-2/h6-7H,1-4,8-9H2,5H3. The number of rotatable bonds is 6. The average molecular weight is 196 g/mol. The first-order valence-corrected chi connectivity index (χ1v) is 6.59. The molecule has 0 N–H and O–H groups in total. The molecule has 2 heteroatoms. The molecular weight excluding hydrogens is 179 g/mol. The van der Waals surface area contributed by atoms with Crippen LogP contribution in [0.4, 0.5) is 0 Å². The average Bonchev–Trinajstić information content (AvgIpc) is 2.02. The van der Waals surface area contributed by atoms with E-state index >= 15 is 0 Å². The molecule has 0 spiro atoms. The van der Waals surface area contributed by atoms with Gasteiger partial charge in [0, 0.05) is 12.3 Å². The molecule has 0 bridgehead atoms. The maximum atomic E-state index is 11.9. The van der Waals surface area contributed by atoms with Gasteiger partial charge in [-0.15, -0.1) is 0 Å². The van der Waals surface area contributed by atoms with Crippen molar-refractivity contribution in [3.63, 3.8) is 0 Å². The van der Waals surface area contributed by atoms with Crippen LogP contribution in [-0.4, -0.2) is 19.0 Å². The molecule has 0 aromatic heterocycles. The summed E-state index contributed by atoms with van der Waals surface area (Å²) >= 11 is 0. The van der Waals surface area contributed by atoms with E-state index in [1.165, 1.54) is 0 Å². The maximum Gasteiger partial charge on any atom is 0.0931 e. The van der Waals surface area contributed by atoms with E-state index in [0.29, 0.717) is 12.3 Å². The lowest BCUT2D eigenvalue weighted by Crippen LogP contribution is -1.96. The zero-order valence-electron chi connectivity index (χ0n) is 8.25. The Labute approximate surface area is 80.9 Å². The summed E-state index contributed by atoms with van der Waals surface area (Å²) in [5.74, 6) is 0. The maximum absolute atomic E-state index is 11.9. The fourth-order valence-electron chi connectivity index (χ4n) is 1.04. The SMILES string of the molecule is C=CC(=C)CP(C)(=O)CC(=C)C=C. The molecule has 0 saturated carbocycles. The highest BCUT2D eigenvalue weighted by Gasteiger charge is 2.15. The van der Waals surface area contributed by atoms with Gasteiger partial charge in [-0.2, -0.15) is 0 Å². The zero-order chi connectivity index (χ0) is 10.5. The van der Waals surface area contributed by atoms with E-state index in [2.05, 4.69) is 26.3 Å². The van der Waals surface area contributed by atoms with Crippen molar-refractivity contribution in [2.24, 2.45) is 0 Å². The first-order chi connectivity index (χ1) is 5.91. The predicted molar refractivity (Wildman–Crippen MR) is 61.9 cm³/mol. The van der Waals surface area contributed by atoms with Gasteiger partial charge in [-0.25, -0.2) is 0 Å². The van der Waals surface area contributed by atoms with Crippen LogP contribution < -0.4 is 0 Å². The van der Waals surface area contributed by atoms with E-state index < -0.39 is 7.14 Å². The van der Waals surface area contributed by atoms with Crippen LogP contribution in [0.1, 0.15) is 0 Å². The lowest BCUT2D eigenvalue weighted by atomic mass is 10.3. The Bertz CT molecular complexity index is 260. The Morgan fingerprint density at radius 2 is 1.46 bits per heavy atom. The lowest BCUT2D eigenvalue weighted by molar-refractivity contribution is 0.581. The zero-order valence-corrected chi connectivity index (χ0v) is 9.15. The molecule has 0 radical (unpaired) electrons. The van der Waals surface area contributed by atoms with E-state index in [1.54, 1.807) is 18.8 Å². The summed E-state index contributed by atoms with van der Waals surface area (Å²) in [6.45, 7) is 16.4. The highest BCUT2D eigenvalue weighted by molar-refractivity contribution is 7.63. The Morgan fingerprint density at radius 1 is 1.15 bits per heavy atom. The Kier molecular flexibility index (Phi) is 4.72. The van der Waals surface area contributed by atoms with E-state index in [4.69, 9.17) is 0 Å². The monoisotopic (exact) mass is 196 g/mol. The summed E-state index contributed by atoms with van der Waals surface area (Å²) in [4.78, 5) is 0. The highest BCUT2D eigenvalue weighted by atomic mass is 31.2. The van der Waals surface area contributed by atoms with Gasteiger partial charge in [0.05, 0.1) is 7.14 Å². The molecule has 0 aliphatic rings. The van der Waals surface area contributed by atoms with E-state index in [0.717, 1.165) is 11.1 Å². The first kappa shape index (κ1) is 12.2. The van der Waals surface area contributed by atoms with E-state index in [-0.39, 0.29) is 0 Å². The van der Waals surface area contributed by atoms with E-state index in [9.17, 15) is 4.57 Å². The molecule has 0 aliphatic carbocycles. The molecule has 72 valence electrons. The summed E-state index contributed by atoms with van der Waals surface area (Å²) in [5, 5.41) is 0. The Morgan fingerprint density at radius 3 is 1.69 bits per heavy atom. The Balaban J connectivity index is 4.32. The predicted octanol–water partition coefficient (Wildman–Crippen LogP) is 3.46. The topological polar surface area (TPSA) is 17.1 Å². The van der Waals surface area contributed by atoms with Crippen molar-refractivity contribution in [2.75, 3.05) is 19.0 Å². The van der Waals surface area contributed by atoms with Crippen molar-refractivity contribution in [3.05, 3.63) is 49.6 Å². The van der Waals surface area contributed by atoms with Gasteiger partial charge in [0.25, 0.3) is 0 Å². The third-order valence-corrected chi connectivity index (χ3v) is 3.80. The molecule has 0 aromatic carbocycles. The van der Waals surface area contributed by atoms with Crippen molar-refractivity contribution >= 4 is 7.14 Å². The first-order valence-electron chi connectivity index (χ1n) is 4.07. The van der Waals surface area contributed by atoms with Crippen LogP contribution in [0.15, 0.2) is 49.6 Å². The van der Waals surface area contributed by atoms with Crippen molar-refractivity contribution in [1.82, 2.24) is 0 Å². The van der Waals surface area contributed by atoms with Gasteiger partial charge < -0.3 is 4.57 Å². The molecule has 0 heterocycles. The van der Waals surface area contributed by atoms with Crippen LogP contribution in [0.5, 0.6) is 0 Å². The van der Waals surface area contributed by atoms with Crippen molar-refractivity contribution in [1.29, 1.82) is 0 Å². The Hall–Kier alpha value is -0.810. The molecule has 13 heavy (non-hydrogen) atoms. The van der Waals surface area contributed by atoms with Crippen LogP contribution in [-0.2, 0) is 4.57 Å². The summed E-state index contributed by atoms with van der Waals surface area (Å²) < 4.78 is 11.9. The van der Waals surface area contributed by atoms with Gasteiger partial charge in [-0.1, -0.05) is 38.5 Å². The second kappa shape index (κ2) is 5.04. The third kappa shape index (κ3) is 5.43. The molecule has 0 rings (SSSR count). The van der Waals surface area contributed by atoms with Crippen LogP contribution in [0.2, 0.25) is 0 Å². The number of hydrogen-bond acceptors (Lipinski definition) is 1. The molecule has 1 nitrogen and oxygen atoms in total. The van der Waals surface area contributed by atoms with Gasteiger partial charge in [0.2, 0.25) is 0 Å². The van der Waals surface area contributed by atoms with Crippen molar-refractivity contribution in [2.45, 2.75) is 0 Å². The lowest BCUT2D eigenvalue weighted by Gasteiger charge is -2.12. The van der Waals surface area contributed by atoms with E-state index in [1.807, 2.05) is 0 Å². The number of allylic oxidation sites excluding steroid dienone is 4. The van der Waals surface area contributed by atoms with Crippen LogP contribution >= 0.6 is 7.14 Å². The molecule has 0 fully saturated rings. The fraction of sp³-hybridized carbons (Fsp3) is 0.273. The largest absolute Gasteiger partial charge is 0.323 e. The van der Waals surface area contributed by atoms with Gasteiger partial charge in [0.15, 0.2) is 0 Å². The number of hydrogen-bond donors (Lipinski definition) is 0. The van der Waals surface area contributed by atoms with Crippen molar-refractivity contribution in [3.8, 4) is 0 Å². The third-order valence-electron chi connectivity index (χ3n) is 1.65. The van der Waals surface area contributed by atoms with Gasteiger partial charge in [-0.05, 0) is 17.8 Å². The quantitative estimate of drug-likeness (QED) is 0.469. The van der Waals surface area contributed by atoms with Crippen LogP contribution in [0, 0.1) is 0 Å². The normalized spacial score (nSPS) is 10.5. The van der Waals surface area contributed by atoms with Crippen molar-refractivity contribution < 1.29 is 4.57 Å². The molecule has 0 amide bonds. The molecule has 0 aliphatic heterocycles. The minimum Gasteiger partial charge on any atom is -0.323 e. The second-order valence-electron chi connectivity index (χ2n) is 3.34. The highest BCUT2D eigenvalue weighted by Crippen LogP contribution is 2.44. The minimum atomic E-state index is -2.18. The molecule has 0 unspecified atom stereocenters. The van der Waals surface area contributed by atoms with Gasteiger partial charge in [-0.3, -0.25) is 0 Å². The summed E-state index contributed by atoms with van der Waals surface area (Å²) in [5.41, 5.74) is 1.64. The van der Waals surface area contributed by atoms with Crippen LogP contribution in [0.25, 0.3) is 0 Å². The molecule has 0 saturated heterocycles. The summed E-state index contributed by atoms with van der Waals surface area (Å²) in [7, 11) is -2.18. The molecule has 0 aromatic rings. The smallest absolute Gasteiger partial charge is 0.0931 e. The minimum absolute atomic E-state index is 0.517. The summed E-state index contributed by atoms with van der Waals surface area (Å²) in [6, 6.07) is 0. The molecule has 0 atom stereocenters. The van der Waals surface area contributed by atoms with Crippen LogP contribution in [0.3, 0.4) is 0 Å².